The molecule has 0 unspecified atom stereocenters. The first-order chi connectivity index (χ1) is 8.16. The summed E-state index contributed by atoms with van der Waals surface area (Å²) >= 11 is 4.57. The van der Waals surface area contributed by atoms with Crippen LogP contribution in [0.25, 0.3) is 11.4 Å². The molecule has 1 aromatic carbocycles. The number of aromatic nitrogens is 2. The van der Waals surface area contributed by atoms with E-state index in [0.717, 1.165) is 21.8 Å². The molecule has 0 saturated heterocycles. The standard InChI is InChI=1S/C10H9BrN4OS/c11-7-4-2-1-3-6(7)9-14-8(16-15-9)5-17-10(12)13/h1-4H,5H2,(H3,12,13). The van der Waals surface area contributed by atoms with Gasteiger partial charge in [0.1, 0.15) is 0 Å². The maximum atomic E-state index is 7.09. The Morgan fingerprint density at radius 2 is 2.24 bits per heavy atom. The number of amidine groups is 1. The molecule has 5 nitrogen and oxygen atoms in total. The molecule has 0 amide bonds. The molecule has 0 bridgehead atoms. The summed E-state index contributed by atoms with van der Waals surface area (Å²) in [6, 6.07) is 7.63. The normalized spacial score (nSPS) is 10.4. The molecule has 2 aromatic rings. The molecule has 2 rings (SSSR count). The first-order valence-electron chi connectivity index (χ1n) is 4.71. The summed E-state index contributed by atoms with van der Waals surface area (Å²) < 4.78 is 5.98. The van der Waals surface area contributed by atoms with Crippen molar-refractivity contribution in [3.8, 4) is 11.4 Å². The molecule has 1 heterocycles. The molecule has 0 aliphatic heterocycles. The lowest BCUT2D eigenvalue weighted by molar-refractivity contribution is 0.392. The Bertz CT molecular complexity index is 543. The first kappa shape index (κ1) is 12.1. The first-order valence-corrected chi connectivity index (χ1v) is 6.49. The zero-order chi connectivity index (χ0) is 12.3. The van der Waals surface area contributed by atoms with E-state index in [2.05, 4.69) is 26.1 Å². The second kappa shape index (κ2) is 5.33. The third kappa shape index (κ3) is 3.07. The number of rotatable bonds is 3. The number of hydrogen-bond acceptors (Lipinski definition) is 5. The predicted octanol–water partition coefficient (Wildman–Crippen LogP) is 2.63. The van der Waals surface area contributed by atoms with E-state index in [4.69, 9.17) is 15.7 Å². The number of benzene rings is 1. The summed E-state index contributed by atoms with van der Waals surface area (Å²) in [5.41, 5.74) is 6.10. The van der Waals surface area contributed by atoms with Gasteiger partial charge in [-0.1, -0.05) is 45.0 Å². The summed E-state index contributed by atoms with van der Waals surface area (Å²) in [5.74, 6) is 1.39. The fourth-order valence-corrected chi connectivity index (χ4v) is 2.06. The average Bonchev–Trinajstić information content (AvgIpc) is 2.75. The van der Waals surface area contributed by atoms with E-state index in [1.165, 1.54) is 0 Å². The van der Waals surface area contributed by atoms with Gasteiger partial charge < -0.3 is 10.3 Å². The van der Waals surface area contributed by atoms with Gasteiger partial charge >= 0.3 is 0 Å². The van der Waals surface area contributed by atoms with Crippen molar-refractivity contribution in [2.24, 2.45) is 5.73 Å². The van der Waals surface area contributed by atoms with Gasteiger partial charge in [0.15, 0.2) is 5.17 Å². The van der Waals surface area contributed by atoms with Crippen molar-refractivity contribution >= 4 is 32.9 Å². The van der Waals surface area contributed by atoms with Gasteiger partial charge in [0.05, 0.1) is 5.75 Å². The Balaban J connectivity index is 2.18. The topological polar surface area (TPSA) is 88.8 Å². The number of halogens is 1. The molecule has 0 aliphatic carbocycles. The van der Waals surface area contributed by atoms with Crippen molar-refractivity contribution in [1.29, 1.82) is 5.41 Å². The summed E-state index contributed by atoms with van der Waals surface area (Å²) in [6.45, 7) is 0. The molecule has 0 aliphatic rings. The molecule has 0 radical (unpaired) electrons. The van der Waals surface area contributed by atoms with Crippen LogP contribution in [0.3, 0.4) is 0 Å². The summed E-state index contributed by atoms with van der Waals surface area (Å²) in [7, 11) is 0. The quantitative estimate of drug-likeness (QED) is 0.671. The lowest BCUT2D eigenvalue weighted by atomic mass is 10.2. The van der Waals surface area contributed by atoms with E-state index in [1.54, 1.807) is 0 Å². The fraction of sp³-hybridized carbons (Fsp3) is 0.100. The van der Waals surface area contributed by atoms with Crippen LogP contribution < -0.4 is 5.73 Å². The van der Waals surface area contributed by atoms with Crippen LogP contribution in [0.15, 0.2) is 33.3 Å². The maximum Gasteiger partial charge on any atom is 0.237 e. The number of nitrogens with one attached hydrogen (secondary N) is 1. The van der Waals surface area contributed by atoms with Crippen molar-refractivity contribution < 1.29 is 4.52 Å². The molecular formula is C10H9BrN4OS. The molecule has 1 aromatic heterocycles. The van der Waals surface area contributed by atoms with E-state index < -0.39 is 0 Å². The van der Waals surface area contributed by atoms with Gasteiger partial charge in [0, 0.05) is 10.0 Å². The van der Waals surface area contributed by atoms with E-state index >= 15 is 0 Å². The fourth-order valence-electron chi connectivity index (χ4n) is 1.20. The van der Waals surface area contributed by atoms with E-state index in [1.807, 2.05) is 24.3 Å². The third-order valence-corrected chi connectivity index (χ3v) is 3.33. The van der Waals surface area contributed by atoms with Crippen molar-refractivity contribution in [1.82, 2.24) is 10.1 Å². The van der Waals surface area contributed by atoms with Crippen molar-refractivity contribution in [3.05, 3.63) is 34.6 Å². The number of hydrogen-bond donors (Lipinski definition) is 2. The molecule has 0 saturated carbocycles. The minimum atomic E-state index is 0.0330. The minimum absolute atomic E-state index is 0.0330. The summed E-state index contributed by atoms with van der Waals surface area (Å²) in [5, 5.41) is 11.0. The monoisotopic (exact) mass is 312 g/mol. The van der Waals surface area contributed by atoms with Crippen LogP contribution >= 0.6 is 27.7 Å². The Hall–Kier alpha value is -1.34. The van der Waals surface area contributed by atoms with Gasteiger partial charge in [0.25, 0.3) is 0 Å². The lowest BCUT2D eigenvalue weighted by Crippen LogP contribution is -2.03. The highest BCUT2D eigenvalue weighted by Crippen LogP contribution is 2.25. The van der Waals surface area contributed by atoms with E-state index in [9.17, 15) is 0 Å². The molecule has 0 atom stereocenters. The predicted molar refractivity (Wildman–Crippen MR) is 70.6 cm³/mol. The van der Waals surface area contributed by atoms with Gasteiger partial charge in [-0.05, 0) is 12.1 Å². The van der Waals surface area contributed by atoms with Crippen molar-refractivity contribution in [2.75, 3.05) is 0 Å². The van der Waals surface area contributed by atoms with E-state index in [-0.39, 0.29) is 5.17 Å². The van der Waals surface area contributed by atoms with Crippen LogP contribution in [-0.2, 0) is 5.75 Å². The van der Waals surface area contributed by atoms with Gasteiger partial charge in [-0.2, -0.15) is 4.98 Å². The largest absolute Gasteiger partial charge is 0.379 e. The minimum Gasteiger partial charge on any atom is -0.379 e. The summed E-state index contributed by atoms with van der Waals surface area (Å²) in [4.78, 5) is 4.23. The number of thioether (sulfide) groups is 1. The van der Waals surface area contributed by atoms with Crippen LogP contribution in [0, 0.1) is 5.41 Å². The smallest absolute Gasteiger partial charge is 0.237 e. The Labute approximate surface area is 110 Å². The molecule has 0 spiro atoms. The van der Waals surface area contributed by atoms with Crippen LogP contribution in [0.4, 0.5) is 0 Å². The maximum absolute atomic E-state index is 7.09. The lowest BCUT2D eigenvalue weighted by Gasteiger charge is -1.96. The number of nitrogens with two attached hydrogens (primary N) is 1. The molecule has 88 valence electrons. The SMILES string of the molecule is N=C(N)SCc1nc(-c2ccccc2Br)no1. The molecular weight excluding hydrogens is 304 g/mol. The van der Waals surface area contributed by atoms with Crippen molar-refractivity contribution in [3.63, 3.8) is 0 Å². The molecule has 7 heteroatoms. The highest BCUT2D eigenvalue weighted by Gasteiger charge is 2.11. The zero-order valence-corrected chi connectivity index (χ0v) is 11.1. The van der Waals surface area contributed by atoms with E-state index in [0.29, 0.717) is 17.5 Å². The van der Waals surface area contributed by atoms with Crippen molar-refractivity contribution in [2.45, 2.75) is 5.75 Å². The second-order valence-electron chi connectivity index (χ2n) is 3.14. The Morgan fingerprint density at radius 3 is 2.94 bits per heavy atom. The van der Waals surface area contributed by atoms with Crippen LogP contribution in [0.5, 0.6) is 0 Å². The molecule has 0 fully saturated rings. The zero-order valence-electron chi connectivity index (χ0n) is 8.68. The van der Waals surface area contributed by atoms with Crippen LogP contribution in [-0.4, -0.2) is 15.3 Å². The molecule has 17 heavy (non-hydrogen) atoms. The Kier molecular flexibility index (Phi) is 3.80. The Morgan fingerprint density at radius 1 is 1.47 bits per heavy atom. The molecule has 3 N–H and O–H groups in total. The van der Waals surface area contributed by atoms with Crippen LogP contribution in [0.1, 0.15) is 5.89 Å². The van der Waals surface area contributed by atoms with Crippen LogP contribution in [0.2, 0.25) is 0 Å². The highest BCUT2D eigenvalue weighted by molar-refractivity contribution is 9.10. The number of nitrogens with zero attached hydrogens (tertiary/aromatic N) is 2. The van der Waals surface area contributed by atoms with Gasteiger partial charge in [-0.15, -0.1) is 0 Å². The summed E-state index contributed by atoms with van der Waals surface area (Å²) in [6.07, 6.45) is 0. The highest BCUT2D eigenvalue weighted by atomic mass is 79.9. The van der Waals surface area contributed by atoms with Gasteiger partial charge in [-0.25, -0.2) is 0 Å². The second-order valence-corrected chi connectivity index (χ2v) is 5.02. The van der Waals surface area contributed by atoms with Gasteiger partial charge in [-0.3, -0.25) is 5.41 Å². The average molecular weight is 313 g/mol. The third-order valence-electron chi connectivity index (χ3n) is 1.93. The van der Waals surface area contributed by atoms with Gasteiger partial charge in [0.2, 0.25) is 11.7 Å².